The molecule has 0 aromatic carbocycles. The van der Waals surface area contributed by atoms with Crippen molar-refractivity contribution in [2.75, 3.05) is 6.61 Å². The van der Waals surface area contributed by atoms with E-state index in [0.717, 1.165) is 30.9 Å². The number of hydrogen-bond donors (Lipinski definition) is 0. The summed E-state index contributed by atoms with van der Waals surface area (Å²) in [7, 11) is 0. The molecule has 0 bridgehead atoms. The monoisotopic (exact) mass is 453 g/mol. The topological polar surface area (TPSA) is 47.9 Å². The molecule has 4 nitrogen and oxygen atoms in total. The third kappa shape index (κ3) is 12.7. The smallest absolute Gasteiger partial charge is 0.178 e. The molecule has 0 aliphatic rings. The largest absolute Gasteiger partial charge is 0.490 e. The van der Waals surface area contributed by atoms with Crippen molar-refractivity contribution in [3.8, 4) is 17.3 Å². The van der Waals surface area contributed by atoms with Crippen molar-refractivity contribution in [1.29, 1.82) is 0 Å². The Labute approximate surface area is 203 Å². The molecule has 0 aliphatic heterocycles. The van der Waals surface area contributed by atoms with Crippen LogP contribution in [0.4, 0.5) is 0 Å². The van der Waals surface area contributed by atoms with E-state index < -0.39 is 0 Å². The quantitative estimate of drug-likeness (QED) is 0.188. The Morgan fingerprint density at radius 3 is 1.67 bits per heavy atom. The zero-order chi connectivity index (χ0) is 23.4. The van der Waals surface area contributed by atoms with E-state index in [1.54, 1.807) is 12.4 Å². The maximum Gasteiger partial charge on any atom is 0.178 e. The summed E-state index contributed by atoms with van der Waals surface area (Å²) in [5.74, 6) is 1.40. The number of nitrogens with zero attached hydrogens (tertiary/aromatic N) is 3. The summed E-state index contributed by atoms with van der Waals surface area (Å²) in [4.78, 5) is 13.5. The zero-order valence-corrected chi connectivity index (χ0v) is 21.4. The van der Waals surface area contributed by atoms with Gasteiger partial charge in [0.05, 0.1) is 19.0 Å². The molecule has 0 radical (unpaired) electrons. The highest BCUT2D eigenvalue weighted by molar-refractivity contribution is 5.49. The summed E-state index contributed by atoms with van der Waals surface area (Å²) in [6.45, 7) is 5.27. The van der Waals surface area contributed by atoms with E-state index in [4.69, 9.17) is 4.74 Å². The van der Waals surface area contributed by atoms with Gasteiger partial charge in [-0.05, 0) is 30.9 Å². The molecule has 0 aliphatic carbocycles. The van der Waals surface area contributed by atoms with Crippen LogP contribution in [0.25, 0.3) is 11.5 Å². The highest BCUT2D eigenvalue weighted by Crippen LogP contribution is 2.17. The van der Waals surface area contributed by atoms with Gasteiger partial charge in [0.1, 0.15) is 5.69 Å². The summed E-state index contributed by atoms with van der Waals surface area (Å²) in [6.07, 6.45) is 27.9. The van der Waals surface area contributed by atoms with Crippen LogP contribution in [0.5, 0.6) is 5.75 Å². The molecule has 0 spiro atoms. The molecule has 2 heterocycles. The first kappa shape index (κ1) is 27.3. The fraction of sp³-hybridized carbons (Fsp3) is 0.690. The first-order valence-electron chi connectivity index (χ1n) is 13.7. The molecule has 33 heavy (non-hydrogen) atoms. The molecule has 0 fully saturated rings. The average Bonchev–Trinajstić information content (AvgIpc) is 2.85. The second-order valence-corrected chi connectivity index (χ2v) is 9.34. The Balaban J connectivity index is 1.59. The number of rotatable bonds is 20. The zero-order valence-electron chi connectivity index (χ0n) is 21.4. The summed E-state index contributed by atoms with van der Waals surface area (Å²) in [6, 6.07) is 4.20. The third-order valence-electron chi connectivity index (χ3n) is 6.27. The molecule has 184 valence electrons. The third-order valence-corrected chi connectivity index (χ3v) is 6.27. The summed E-state index contributed by atoms with van der Waals surface area (Å²) >= 11 is 0. The summed E-state index contributed by atoms with van der Waals surface area (Å²) in [5, 5.41) is 0. The lowest BCUT2D eigenvalue weighted by Crippen LogP contribution is -1.99. The normalized spacial score (nSPS) is 11.1. The van der Waals surface area contributed by atoms with Gasteiger partial charge in [0, 0.05) is 6.20 Å². The van der Waals surface area contributed by atoms with Crippen molar-refractivity contribution in [3.05, 3.63) is 36.3 Å². The minimum atomic E-state index is 0.660. The van der Waals surface area contributed by atoms with Crippen LogP contribution in [0, 0.1) is 0 Å². The van der Waals surface area contributed by atoms with Crippen LogP contribution in [-0.4, -0.2) is 21.6 Å². The number of pyridine rings is 1. The van der Waals surface area contributed by atoms with Crippen molar-refractivity contribution in [2.24, 2.45) is 0 Å². The molecule has 0 unspecified atom stereocenters. The SMILES string of the molecule is CCCCCCCCCCOc1cnc(-c2ccc(CCCCCCCCCC)cn2)nc1. The Morgan fingerprint density at radius 2 is 1.12 bits per heavy atom. The van der Waals surface area contributed by atoms with Crippen LogP contribution in [0.3, 0.4) is 0 Å². The molecule has 0 amide bonds. The second kappa shape index (κ2) is 18.5. The van der Waals surface area contributed by atoms with Crippen LogP contribution in [0.2, 0.25) is 0 Å². The Kier molecular flexibility index (Phi) is 15.3. The number of aromatic nitrogens is 3. The van der Waals surface area contributed by atoms with Crippen molar-refractivity contribution in [2.45, 2.75) is 123 Å². The Bertz CT molecular complexity index is 700. The van der Waals surface area contributed by atoms with Gasteiger partial charge in [-0.2, -0.15) is 0 Å². The highest BCUT2D eigenvalue weighted by Gasteiger charge is 2.04. The first-order valence-corrected chi connectivity index (χ1v) is 13.7. The van der Waals surface area contributed by atoms with Gasteiger partial charge in [-0.3, -0.25) is 4.98 Å². The van der Waals surface area contributed by atoms with Gasteiger partial charge in [0.2, 0.25) is 0 Å². The standard InChI is InChI=1S/C29H47N3O/c1-3-5-7-9-11-13-15-17-19-26-20-21-28(30-23-26)29-31-24-27(25-32-29)33-22-18-16-14-12-10-8-6-4-2/h20-21,23-25H,3-19,22H2,1-2H3. The van der Waals surface area contributed by atoms with Crippen LogP contribution >= 0.6 is 0 Å². The van der Waals surface area contributed by atoms with Gasteiger partial charge in [0.15, 0.2) is 11.6 Å². The van der Waals surface area contributed by atoms with Crippen LogP contribution in [0.1, 0.15) is 122 Å². The molecular weight excluding hydrogens is 406 g/mol. The van der Waals surface area contributed by atoms with E-state index in [9.17, 15) is 0 Å². The molecule has 0 N–H and O–H groups in total. The number of ether oxygens (including phenoxy) is 1. The maximum atomic E-state index is 5.81. The van der Waals surface area contributed by atoms with E-state index in [0.29, 0.717) is 5.82 Å². The predicted octanol–water partition coefficient (Wildman–Crippen LogP) is 8.74. The van der Waals surface area contributed by atoms with Gasteiger partial charge in [-0.15, -0.1) is 0 Å². The van der Waals surface area contributed by atoms with Crippen molar-refractivity contribution in [3.63, 3.8) is 0 Å². The Morgan fingerprint density at radius 1 is 0.576 bits per heavy atom. The van der Waals surface area contributed by atoms with Gasteiger partial charge in [-0.25, -0.2) is 9.97 Å². The van der Waals surface area contributed by atoms with Crippen LogP contribution < -0.4 is 4.74 Å². The highest BCUT2D eigenvalue weighted by atomic mass is 16.5. The lowest BCUT2D eigenvalue weighted by molar-refractivity contribution is 0.302. The lowest BCUT2D eigenvalue weighted by atomic mass is 10.0. The summed E-state index contributed by atoms with van der Waals surface area (Å²) < 4.78 is 5.81. The number of unbranched alkanes of at least 4 members (excludes halogenated alkanes) is 14. The van der Waals surface area contributed by atoms with Gasteiger partial charge in [-0.1, -0.05) is 110 Å². The number of hydrogen-bond acceptors (Lipinski definition) is 4. The van der Waals surface area contributed by atoms with Crippen molar-refractivity contribution < 1.29 is 4.74 Å². The van der Waals surface area contributed by atoms with E-state index in [2.05, 4.69) is 34.9 Å². The fourth-order valence-electron chi connectivity index (χ4n) is 4.12. The molecule has 2 aromatic heterocycles. The second-order valence-electron chi connectivity index (χ2n) is 9.34. The molecule has 0 saturated carbocycles. The van der Waals surface area contributed by atoms with Crippen molar-refractivity contribution in [1.82, 2.24) is 15.0 Å². The van der Waals surface area contributed by atoms with E-state index >= 15 is 0 Å². The van der Waals surface area contributed by atoms with Gasteiger partial charge < -0.3 is 4.74 Å². The van der Waals surface area contributed by atoms with Crippen LogP contribution in [0.15, 0.2) is 30.7 Å². The molecule has 0 saturated heterocycles. The lowest BCUT2D eigenvalue weighted by Gasteiger charge is -2.07. The minimum Gasteiger partial charge on any atom is -0.490 e. The summed E-state index contributed by atoms with van der Waals surface area (Å²) in [5.41, 5.74) is 2.12. The van der Waals surface area contributed by atoms with Crippen molar-refractivity contribution >= 4 is 0 Å². The van der Waals surface area contributed by atoms with E-state index in [1.807, 2.05) is 12.3 Å². The van der Waals surface area contributed by atoms with E-state index in [-0.39, 0.29) is 0 Å². The number of aryl methyl sites for hydroxylation is 1. The first-order chi connectivity index (χ1) is 16.3. The molecule has 4 heteroatoms. The fourth-order valence-corrected chi connectivity index (χ4v) is 4.12. The molecular formula is C29H47N3O. The molecule has 0 atom stereocenters. The van der Waals surface area contributed by atoms with E-state index in [1.165, 1.54) is 102 Å². The predicted molar refractivity (Wildman–Crippen MR) is 140 cm³/mol. The average molecular weight is 454 g/mol. The molecule has 2 rings (SSSR count). The Hall–Kier alpha value is -1.97. The van der Waals surface area contributed by atoms with Crippen LogP contribution in [-0.2, 0) is 6.42 Å². The minimum absolute atomic E-state index is 0.660. The van der Waals surface area contributed by atoms with Gasteiger partial charge in [0.25, 0.3) is 0 Å². The van der Waals surface area contributed by atoms with Gasteiger partial charge >= 0.3 is 0 Å². The maximum absolute atomic E-state index is 5.81. The molecule has 2 aromatic rings.